The lowest BCUT2D eigenvalue weighted by atomic mass is 10.4. The summed E-state index contributed by atoms with van der Waals surface area (Å²) in [7, 11) is 2.20. The van der Waals surface area contributed by atoms with Crippen LogP contribution in [0.25, 0.3) is 0 Å². The normalized spacial score (nSPS) is 13.3. The minimum absolute atomic E-state index is 0.215. The van der Waals surface area contributed by atoms with E-state index in [2.05, 4.69) is 0 Å². The van der Waals surface area contributed by atoms with Crippen molar-refractivity contribution >= 4 is 26.4 Å². The summed E-state index contributed by atoms with van der Waals surface area (Å²) in [5.74, 6) is -0.147. The summed E-state index contributed by atoms with van der Waals surface area (Å²) >= 11 is 5.65. The maximum absolute atomic E-state index is 10.8. The summed E-state index contributed by atoms with van der Waals surface area (Å²) < 4.78 is 26.2. The number of alkyl halides is 1. The summed E-state index contributed by atoms with van der Waals surface area (Å²) in [5.41, 5.74) is 0. The van der Waals surface area contributed by atoms with Crippen molar-refractivity contribution in [2.45, 2.75) is 25.5 Å². The summed E-state index contributed by atoms with van der Waals surface area (Å²) in [5, 5.41) is 0. The van der Waals surface area contributed by atoms with Gasteiger partial charge >= 0.3 is 14.8 Å². The van der Waals surface area contributed by atoms with Gasteiger partial charge in [0, 0.05) is 40.9 Å². The predicted molar refractivity (Wildman–Crippen MR) is 73.3 cm³/mol. The van der Waals surface area contributed by atoms with E-state index in [0.29, 0.717) is 12.7 Å². The van der Waals surface area contributed by atoms with Crippen molar-refractivity contribution in [2.75, 3.05) is 40.4 Å². The first-order chi connectivity index (χ1) is 9.03. The second-order valence-corrected chi connectivity index (χ2v) is 7.26. The van der Waals surface area contributed by atoms with Gasteiger partial charge < -0.3 is 22.8 Å². The zero-order chi connectivity index (χ0) is 14.7. The molecule has 19 heavy (non-hydrogen) atoms. The monoisotopic (exact) mass is 314 g/mol. The molecule has 0 amide bonds. The van der Waals surface area contributed by atoms with Crippen LogP contribution in [0.4, 0.5) is 0 Å². The highest BCUT2D eigenvalue weighted by Gasteiger charge is 2.36. The number of esters is 1. The van der Waals surface area contributed by atoms with Crippen molar-refractivity contribution in [3.63, 3.8) is 0 Å². The van der Waals surface area contributed by atoms with Gasteiger partial charge in [0.15, 0.2) is 0 Å². The first-order valence-corrected chi connectivity index (χ1v) is 8.46. The van der Waals surface area contributed by atoms with E-state index in [1.54, 1.807) is 21.3 Å². The lowest BCUT2D eigenvalue weighted by Crippen LogP contribution is -2.42. The van der Waals surface area contributed by atoms with Crippen LogP contribution in [0.3, 0.4) is 0 Å². The molecule has 0 aromatic carbocycles. The molecule has 8 heteroatoms. The van der Waals surface area contributed by atoms with Gasteiger partial charge in [0.1, 0.15) is 6.10 Å². The van der Waals surface area contributed by atoms with Crippen LogP contribution in [0, 0.1) is 0 Å². The van der Waals surface area contributed by atoms with Crippen LogP contribution in [0.5, 0.6) is 0 Å². The molecule has 0 aromatic heterocycles. The van der Waals surface area contributed by atoms with Crippen molar-refractivity contribution < 1.29 is 27.5 Å². The van der Waals surface area contributed by atoms with Gasteiger partial charge in [0.2, 0.25) is 0 Å². The van der Waals surface area contributed by atoms with Crippen LogP contribution in [0.1, 0.15) is 13.3 Å². The first kappa shape index (κ1) is 18.8. The van der Waals surface area contributed by atoms with Gasteiger partial charge in [0.05, 0.1) is 12.5 Å². The highest BCUT2D eigenvalue weighted by molar-refractivity contribution is 6.60. The number of carbonyl (C=O) groups is 1. The molecule has 0 aliphatic carbocycles. The van der Waals surface area contributed by atoms with E-state index in [1.165, 1.54) is 6.92 Å². The third kappa shape index (κ3) is 7.86. The second kappa shape index (κ2) is 10.6. The average molecular weight is 315 g/mol. The highest BCUT2D eigenvalue weighted by Crippen LogP contribution is 2.14. The maximum Gasteiger partial charge on any atom is 0.500 e. The van der Waals surface area contributed by atoms with Crippen molar-refractivity contribution in [1.29, 1.82) is 0 Å². The molecule has 0 saturated heterocycles. The van der Waals surface area contributed by atoms with Crippen LogP contribution in [-0.2, 0) is 27.5 Å². The second-order valence-electron chi connectivity index (χ2n) is 3.86. The Morgan fingerprint density at radius 1 is 1.21 bits per heavy atom. The summed E-state index contributed by atoms with van der Waals surface area (Å²) in [6.07, 6.45) is 0.324. The molecule has 0 aromatic rings. The largest absolute Gasteiger partial charge is 0.500 e. The quantitative estimate of drug-likeness (QED) is 0.249. The average Bonchev–Trinajstić information content (AvgIpc) is 2.41. The number of ether oxygens (including phenoxy) is 2. The molecular weight excluding hydrogens is 292 g/mol. The zero-order valence-electron chi connectivity index (χ0n) is 11.9. The smallest absolute Gasteiger partial charge is 0.459 e. The molecule has 0 N–H and O–H groups in total. The number of hydrogen-bond donors (Lipinski definition) is 0. The summed E-state index contributed by atoms with van der Waals surface area (Å²) in [6, 6.07) is 0.662. The van der Waals surface area contributed by atoms with E-state index < -0.39 is 14.9 Å². The van der Waals surface area contributed by atoms with Gasteiger partial charge in [-0.1, -0.05) is 0 Å². The molecule has 1 atom stereocenters. The van der Waals surface area contributed by atoms with E-state index in [-0.39, 0.29) is 18.5 Å². The Bertz CT molecular complexity index is 241. The standard InChI is InChI=1S/C11H23ClO6Si/c1-10(13)18-11(8-12)9-17-6-5-7-19(14-2,15-3)16-4/h11H,5-9H2,1-4H3. The fourth-order valence-electron chi connectivity index (χ4n) is 1.51. The summed E-state index contributed by atoms with van der Waals surface area (Å²) in [6.45, 7) is 2.12. The molecule has 0 aliphatic rings. The zero-order valence-corrected chi connectivity index (χ0v) is 13.7. The topological polar surface area (TPSA) is 63.2 Å². The molecule has 0 radical (unpaired) electrons. The Kier molecular flexibility index (Phi) is 10.5. The lowest BCUT2D eigenvalue weighted by Gasteiger charge is -2.24. The van der Waals surface area contributed by atoms with Crippen LogP contribution in [0.2, 0.25) is 6.04 Å². The minimum Gasteiger partial charge on any atom is -0.459 e. The maximum atomic E-state index is 10.8. The summed E-state index contributed by atoms with van der Waals surface area (Å²) in [4.78, 5) is 10.8. The van der Waals surface area contributed by atoms with E-state index in [4.69, 9.17) is 34.4 Å². The van der Waals surface area contributed by atoms with Crippen molar-refractivity contribution in [3.8, 4) is 0 Å². The molecule has 0 bridgehead atoms. The molecule has 114 valence electrons. The van der Waals surface area contributed by atoms with Crippen molar-refractivity contribution in [2.24, 2.45) is 0 Å². The molecule has 0 saturated carbocycles. The SMILES string of the molecule is CO[Si](CCCOCC(CCl)OC(C)=O)(OC)OC. The Balaban J connectivity index is 3.82. The molecule has 0 heterocycles. The van der Waals surface area contributed by atoms with Crippen LogP contribution in [0.15, 0.2) is 0 Å². The third-order valence-electron chi connectivity index (χ3n) is 2.51. The Labute approximate surface area is 120 Å². The van der Waals surface area contributed by atoms with Crippen LogP contribution < -0.4 is 0 Å². The Morgan fingerprint density at radius 3 is 2.21 bits per heavy atom. The molecule has 1 unspecified atom stereocenters. The van der Waals surface area contributed by atoms with Crippen molar-refractivity contribution in [3.05, 3.63) is 0 Å². The van der Waals surface area contributed by atoms with E-state index in [9.17, 15) is 4.79 Å². The Morgan fingerprint density at radius 2 is 1.79 bits per heavy atom. The Hall–Kier alpha value is -0.183. The fourth-order valence-corrected chi connectivity index (χ4v) is 3.35. The number of rotatable bonds is 11. The van der Waals surface area contributed by atoms with Crippen LogP contribution in [-0.4, -0.2) is 61.3 Å². The van der Waals surface area contributed by atoms with Gasteiger partial charge in [0.25, 0.3) is 0 Å². The van der Waals surface area contributed by atoms with Gasteiger partial charge in [-0.3, -0.25) is 4.79 Å². The van der Waals surface area contributed by atoms with E-state index >= 15 is 0 Å². The number of hydrogen-bond acceptors (Lipinski definition) is 6. The molecule has 0 spiro atoms. The minimum atomic E-state index is -2.52. The van der Waals surface area contributed by atoms with E-state index in [0.717, 1.165) is 6.42 Å². The molecule has 0 rings (SSSR count). The molecule has 6 nitrogen and oxygen atoms in total. The van der Waals surface area contributed by atoms with Gasteiger partial charge in [-0.15, -0.1) is 11.6 Å². The third-order valence-corrected chi connectivity index (χ3v) is 5.69. The van der Waals surface area contributed by atoms with Crippen LogP contribution >= 0.6 is 11.6 Å². The molecular formula is C11H23ClO6Si. The lowest BCUT2D eigenvalue weighted by molar-refractivity contribution is -0.148. The van der Waals surface area contributed by atoms with Gasteiger partial charge in [-0.05, 0) is 6.42 Å². The number of carbonyl (C=O) groups excluding carboxylic acids is 1. The van der Waals surface area contributed by atoms with E-state index in [1.807, 2.05) is 0 Å². The van der Waals surface area contributed by atoms with Gasteiger partial charge in [-0.25, -0.2) is 0 Å². The van der Waals surface area contributed by atoms with Crippen molar-refractivity contribution in [1.82, 2.24) is 0 Å². The fraction of sp³-hybridized carbons (Fsp3) is 0.909. The highest BCUT2D eigenvalue weighted by atomic mass is 35.5. The van der Waals surface area contributed by atoms with Gasteiger partial charge in [-0.2, -0.15) is 0 Å². The molecule has 0 aliphatic heterocycles. The first-order valence-electron chi connectivity index (χ1n) is 6.00. The number of halogens is 1. The predicted octanol–water partition coefficient (Wildman–Crippen LogP) is 1.44. The molecule has 0 fully saturated rings.